The zero-order valence-corrected chi connectivity index (χ0v) is 18.2. The molecule has 0 fully saturated rings. The number of rotatable bonds is 3. The van der Waals surface area contributed by atoms with Crippen molar-refractivity contribution in [3.05, 3.63) is 109 Å². The molecule has 1 aromatic carbocycles. The number of fused-ring (bicyclic) bond motifs is 2. The molecule has 4 heterocycles. The second-order valence-corrected chi connectivity index (χ2v) is 8.17. The summed E-state index contributed by atoms with van der Waals surface area (Å²) >= 11 is 0. The van der Waals surface area contributed by atoms with Crippen LogP contribution < -0.4 is 0 Å². The summed E-state index contributed by atoms with van der Waals surface area (Å²) in [4.78, 5) is 17.2. The summed E-state index contributed by atoms with van der Waals surface area (Å²) in [7, 11) is 0. The minimum Gasteiger partial charge on any atom is -0.338 e. The Hall–Kier alpha value is -4.39. The maximum Gasteiger partial charge on any atom is 0.155 e. The van der Waals surface area contributed by atoms with Gasteiger partial charge in [0.25, 0.3) is 0 Å². The second-order valence-electron chi connectivity index (χ2n) is 8.17. The third kappa shape index (κ3) is 3.25. The standard InChI is InChI=1S/C27H19F2N5/c1-16-20(26-32-22-10-4-5-11-23(22)33-26)13-17(14-30-16)18-8-6-12-34-24(18)15-31-27(34)19-7-2-3-9-21(28)25(19)29/h2-15,19H,1H3,(H,32,33). The first-order chi connectivity index (χ1) is 16.6. The van der Waals surface area contributed by atoms with Gasteiger partial charge >= 0.3 is 0 Å². The van der Waals surface area contributed by atoms with Crippen LogP contribution in [0.3, 0.4) is 0 Å². The van der Waals surface area contributed by atoms with E-state index in [2.05, 4.69) is 15.0 Å². The molecule has 4 aromatic heterocycles. The summed E-state index contributed by atoms with van der Waals surface area (Å²) in [6.45, 7) is 1.94. The number of allylic oxidation sites excluding steroid dienone is 6. The number of imidazole rings is 2. The number of hydrogen-bond donors (Lipinski definition) is 1. The molecule has 1 aliphatic carbocycles. The van der Waals surface area contributed by atoms with Gasteiger partial charge in [0.15, 0.2) is 5.83 Å². The van der Waals surface area contributed by atoms with Gasteiger partial charge in [0.1, 0.15) is 17.5 Å². The first-order valence-electron chi connectivity index (χ1n) is 10.9. The lowest BCUT2D eigenvalue weighted by molar-refractivity contribution is 0.512. The molecule has 0 aliphatic heterocycles. The molecule has 0 saturated carbocycles. The summed E-state index contributed by atoms with van der Waals surface area (Å²) in [6.07, 6.45) is 11.1. The van der Waals surface area contributed by atoms with Gasteiger partial charge in [-0.3, -0.25) is 4.98 Å². The van der Waals surface area contributed by atoms with E-state index in [-0.39, 0.29) is 0 Å². The third-order valence-corrected chi connectivity index (χ3v) is 6.08. The predicted octanol–water partition coefficient (Wildman–Crippen LogP) is 6.61. The molecule has 1 atom stereocenters. The van der Waals surface area contributed by atoms with Crippen LogP contribution in [0, 0.1) is 6.92 Å². The molecule has 1 N–H and O–H groups in total. The van der Waals surface area contributed by atoms with Gasteiger partial charge in [0.05, 0.1) is 28.7 Å². The van der Waals surface area contributed by atoms with Crippen LogP contribution in [0.5, 0.6) is 0 Å². The fraction of sp³-hybridized carbons (Fsp3) is 0.0741. The minimum absolute atomic E-state index is 0.405. The highest BCUT2D eigenvalue weighted by molar-refractivity contribution is 5.84. The van der Waals surface area contributed by atoms with E-state index in [0.29, 0.717) is 5.82 Å². The predicted molar refractivity (Wildman–Crippen MR) is 129 cm³/mol. The van der Waals surface area contributed by atoms with E-state index in [9.17, 15) is 8.78 Å². The molecule has 0 amide bonds. The van der Waals surface area contributed by atoms with Crippen LogP contribution in [-0.4, -0.2) is 24.3 Å². The third-order valence-electron chi connectivity index (χ3n) is 6.08. The van der Waals surface area contributed by atoms with Crippen molar-refractivity contribution in [2.75, 3.05) is 0 Å². The molecule has 0 saturated heterocycles. The Kier molecular flexibility index (Phi) is 4.69. The largest absolute Gasteiger partial charge is 0.338 e. The number of para-hydroxylation sites is 2. The molecule has 1 aliphatic rings. The van der Waals surface area contributed by atoms with Crippen molar-refractivity contribution in [2.45, 2.75) is 12.8 Å². The van der Waals surface area contributed by atoms with E-state index in [1.54, 1.807) is 35.1 Å². The van der Waals surface area contributed by atoms with E-state index >= 15 is 0 Å². The first-order valence-corrected chi connectivity index (χ1v) is 10.9. The topological polar surface area (TPSA) is 58.9 Å². The highest BCUT2D eigenvalue weighted by Crippen LogP contribution is 2.35. The Labute approximate surface area is 193 Å². The molecule has 6 rings (SSSR count). The number of hydrogen-bond acceptors (Lipinski definition) is 3. The zero-order chi connectivity index (χ0) is 23.2. The average molecular weight is 451 g/mol. The molecule has 0 spiro atoms. The van der Waals surface area contributed by atoms with Crippen molar-refractivity contribution >= 4 is 16.6 Å². The summed E-state index contributed by atoms with van der Waals surface area (Å²) in [5.41, 5.74) is 6.12. The molecule has 7 heteroatoms. The number of benzene rings is 1. The SMILES string of the molecule is Cc1ncc(-c2cccn3c(C4C=CC=CC(F)=C4F)ncc23)cc1-c1nc2ccccc2[nH]1. The van der Waals surface area contributed by atoms with Crippen molar-refractivity contribution in [1.82, 2.24) is 24.3 Å². The lowest BCUT2D eigenvalue weighted by atomic mass is 10.0. The van der Waals surface area contributed by atoms with E-state index in [0.717, 1.165) is 50.8 Å². The Bertz CT molecular complexity index is 1620. The van der Waals surface area contributed by atoms with Gasteiger partial charge in [0, 0.05) is 34.8 Å². The van der Waals surface area contributed by atoms with Crippen LogP contribution in [0.2, 0.25) is 0 Å². The molecular weight excluding hydrogens is 432 g/mol. The van der Waals surface area contributed by atoms with Gasteiger partial charge in [0.2, 0.25) is 0 Å². The van der Waals surface area contributed by atoms with Crippen LogP contribution in [0.15, 0.2) is 97.0 Å². The lowest BCUT2D eigenvalue weighted by Gasteiger charge is -2.12. The van der Waals surface area contributed by atoms with Crippen LogP contribution in [0.4, 0.5) is 8.78 Å². The summed E-state index contributed by atoms with van der Waals surface area (Å²) in [5.74, 6) is -1.50. The minimum atomic E-state index is -0.907. The number of aryl methyl sites for hydroxylation is 1. The van der Waals surface area contributed by atoms with Gasteiger partial charge in [-0.05, 0) is 37.3 Å². The van der Waals surface area contributed by atoms with E-state index in [1.807, 2.05) is 49.4 Å². The van der Waals surface area contributed by atoms with Crippen molar-refractivity contribution in [1.29, 1.82) is 0 Å². The lowest BCUT2D eigenvalue weighted by Crippen LogP contribution is -2.03. The maximum atomic E-state index is 14.7. The van der Waals surface area contributed by atoms with Crippen LogP contribution in [0.1, 0.15) is 17.4 Å². The Balaban J connectivity index is 1.48. The maximum absolute atomic E-state index is 14.7. The number of aromatic amines is 1. The summed E-state index contributed by atoms with van der Waals surface area (Å²) < 4.78 is 30.6. The molecule has 166 valence electrons. The van der Waals surface area contributed by atoms with Crippen LogP contribution in [0.25, 0.3) is 39.1 Å². The fourth-order valence-corrected chi connectivity index (χ4v) is 4.34. The molecular formula is C27H19F2N5. The van der Waals surface area contributed by atoms with Gasteiger partial charge in [-0.2, -0.15) is 0 Å². The highest BCUT2D eigenvalue weighted by Gasteiger charge is 2.24. The van der Waals surface area contributed by atoms with Crippen LogP contribution >= 0.6 is 0 Å². The number of pyridine rings is 2. The second kappa shape index (κ2) is 7.88. The zero-order valence-electron chi connectivity index (χ0n) is 18.2. The molecule has 5 nitrogen and oxygen atoms in total. The number of aromatic nitrogens is 5. The number of halogens is 2. The van der Waals surface area contributed by atoms with Gasteiger partial charge in [-0.25, -0.2) is 18.7 Å². The fourth-order valence-electron chi connectivity index (χ4n) is 4.34. The highest BCUT2D eigenvalue weighted by atomic mass is 19.2. The van der Waals surface area contributed by atoms with E-state index in [1.165, 1.54) is 6.08 Å². The normalized spacial score (nSPS) is 16.0. The Morgan fingerprint density at radius 1 is 0.971 bits per heavy atom. The number of nitrogens with one attached hydrogen (secondary N) is 1. The molecule has 0 bridgehead atoms. The van der Waals surface area contributed by atoms with Crippen molar-refractivity contribution < 1.29 is 8.78 Å². The van der Waals surface area contributed by atoms with Gasteiger partial charge in [-0.15, -0.1) is 0 Å². The number of nitrogens with zero attached hydrogens (tertiary/aromatic N) is 4. The van der Waals surface area contributed by atoms with Gasteiger partial charge in [-0.1, -0.05) is 36.4 Å². The monoisotopic (exact) mass is 451 g/mol. The summed E-state index contributed by atoms with van der Waals surface area (Å²) in [5, 5.41) is 0. The van der Waals surface area contributed by atoms with E-state index in [4.69, 9.17) is 4.98 Å². The summed E-state index contributed by atoms with van der Waals surface area (Å²) in [6, 6.07) is 13.7. The van der Waals surface area contributed by atoms with Crippen molar-refractivity contribution in [3.63, 3.8) is 0 Å². The average Bonchev–Trinajstić information content (AvgIpc) is 3.44. The molecule has 1 unspecified atom stereocenters. The quantitative estimate of drug-likeness (QED) is 0.336. The van der Waals surface area contributed by atoms with Gasteiger partial charge < -0.3 is 9.38 Å². The molecule has 0 radical (unpaired) electrons. The van der Waals surface area contributed by atoms with Crippen molar-refractivity contribution in [2.24, 2.45) is 0 Å². The molecule has 5 aromatic rings. The number of H-pyrrole nitrogens is 1. The smallest absolute Gasteiger partial charge is 0.155 e. The van der Waals surface area contributed by atoms with Crippen molar-refractivity contribution in [3.8, 4) is 22.5 Å². The Morgan fingerprint density at radius 3 is 2.74 bits per heavy atom. The molecule has 34 heavy (non-hydrogen) atoms. The van der Waals surface area contributed by atoms with E-state index < -0.39 is 17.6 Å². The first kappa shape index (κ1) is 20.2. The Morgan fingerprint density at radius 2 is 1.85 bits per heavy atom. The van der Waals surface area contributed by atoms with Crippen LogP contribution in [-0.2, 0) is 0 Å².